The number of piperazine rings is 1. The van der Waals surface area contributed by atoms with E-state index >= 15 is 0 Å². The van der Waals surface area contributed by atoms with Crippen LogP contribution >= 0.6 is 0 Å². The molecule has 1 saturated heterocycles. The van der Waals surface area contributed by atoms with Crippen LogP contribution in [0.5, 0.6) is 0 Å². The van der Waals surface area contributed by atoms with Gasteiger partial charge in [0, 0.05) is 26.2 Å². The Balaban J connectivity index is 1.63. The molecule has 2 heterocycles. The Hall–Kier alpha value is -2.08. The van der Waals surface area contributed by atoms with E-state index in [4.69, 9.17) is 10.2 Å². The molecular weight excluding hydrogens is 280 g/mol. The molecule has 22 heavy (non-hydrogen) atoms. The smallest absolute Gasteiger partial charge is 0.298 e. The minimum absolute atomic E-state index is 0.0547. The number of nitrogens with zero attached hydrogens (tertiary/aromatic N) is 3. The van der Waals surface area contributed by atoms with Crippen LogP contribution in [-0.2, 0) is 4.79 Å². The van der Waals surface area contributed by atoms with Crippen LogP contribution in [0.3, 0.4) is 0 Å². The summed E-state index contributed by atoms with van der Waals surface area (Å²) in [5.41, 5.74) is 7.57. The van der Waals surface area contributed by atoms with Crippen molar-refractivity contribution in [3.63, 3.8) is 0 Å². The minimum Gasteiger partial charge on any atom is -0.423 e. The highest BCUT2D eigenvalue weighted by molar-refractivity contribution is 5.82. The third kappa shape index (κ3) is 2.92. The lowest BCUT2D eigenvalue weighted by atomic mass is 10.1. The highest BCUT2D eigenvalue weighted by atomic mass is 16.4. The molecule has 6 heteroatoms. The summed E-state index contributed by atoms with van der Waals surface area (Å²) in [6.07, 6.45) is 1.67. The zero-order valence-electron chi connectivity index (χ0n) is 12.9. The van der Waals surface area contributed by atoms with Gasteiger partial charge in [-0.3, -0.25) is 4.79 Å². The van der Waals surface area contributed by atoms with E-state index in [0.717, 1.165) is 37.0 Å². The van der Waals surface area contributed by atoms with Gasteiger partial charge in [-0.25, -0.2) is 0 Å². The van der Waals surface area contributed by atoms with Crippen LogP contribution < -0.4 is 10.6 Å². The molecule has 0 bridgehead atoms. The largest absolute Gasteiger partial charge is 0.423 e. The van der Waals surface area contributed by atoms with Crippen molar-refractivity contribution in [1.82, 2.24) is 9.88 Å². The van der Waals surface area contributed by atoms with Crippen LogP contribution in [0.2, 0.25) is 0 Å². The van der Waals surface area contributed by atoms with Crippen molar-refractivity contribution in [2.24, 2.45) is 5.73 Å². The van der Waals surface area contributed by atoms with Gasteiger partial charge in [-0.05, 0) is 18.6 Å². The quantitative estimate of drug-likeness (QED) is 0.928. The van der Waals surface area contributed by atoms with E-state index in [0.29, 0.717) is 19.1 Å². The summed E-state index contributed by atoms with van der Waals surface area (Å²) < 4.78 is 5.78. The molecule has 3 rings (SSSR count). The molecule has 1 aromatic heterocycles. The predicted molar refractivity (Wildman–Crippen MR) is 85.7 cm³/mol. The molecule has 0 saturated carbocycles. The van der Waals surface area contributed by atoms with Crippen molar-refractivity contribution < 1.29 is 9.21 Å². The van der Waals surface area contributed by atoms with Crippen molar-refractivity contribution in [3.05, 3.63) is 24.3 Å². The number of hydrogen-bond acceptors (Lipinski definition) is 5. The fraction of sp³-hybridized carbons (Fsp3) is 0.500. The monoisotopic (exact) mass is 302 g/mol. The Morgan fingerprint density at radius 1 is 1.32 bits per heavy atom. The van der Waals surface area contributed by atoms with Gasteiger partial charge >= 0.3 is 0 Å². The van der Waals surface area contributed by atoms with Crippen molar-refractivity contribution >= 4 is 23.0 Å². The number of fused-ring (bicyclic) bond motifs is 1. The summed E-state index contributed by atoms with van der Waals surface area (Å²) in [5.74, 6) is 0.0547. The molecule has 0 spiro atoms. The first-order chi connectivity index (χ1) is 10.7. The van der Waals surface area contributed by atoms with E-state index in [9.17, 15) is 4.79 Å². The number of para-hydroxylation sites is 2. The Bertz CT molecular complexity index is 613. The first kappa shape index (κ1) is 14.8. The normalized spacial score (nSPS) is 17.0. The maximum atomic E-state index is 12.2. The molecule has 1 unspecified atom stereocenters. The molecule has 1 aliphatic rings. The van der Waals surface area contributed by atoms with E-state index in [2.05, 4.69) is 9.88 Å². The van der Waals surface area contributed by atoms with E-state index in [1.165, 1.54) is 0 Å². The van der Waals surface area contributed by atoms with Gasteiger partial charge in [-0.15, -0.1) is 0 Å². The van der Waals surface area contributed by atoms with Crippen LogP contribution in [-0.4, -0.2) is 48.0 Å². The Morgan fingerprint density at radius 3 is 2.73 bits per heavy atom. The van der Waals surface area contributed by atoms with Gasteiger partial charge in [-0.1, -0.05) is 25.5 Å². The lowest BCUT2D eigenvalue weighted by molar-refractivity contribution is -0.133. The molecule has 2 N–H and O–H groups in total. The zero-order chi connectivity index (χ0) is 15.5. The molecule has 1 aromatic carbocycles. The molecule has 0 aliphatic carbocycles. The Labute approximate surface area is 129 Å². The van der Waals surface area contributed by atoms with Crippen molar-refractivity contribution in [1.29, 1.82) is 0 Å². The molecule has 0 radical (unpaired) electrons. The molecule has 1 atom stereocenters. The number of carbonyl (C=O) groups excluding carboxylic acids is 1. The number of nitrogens with two attached hydrogens (primary N) is 1. The van der Waals surface area contributed by atoms with Gasteiger partial charge in [0.05, 0.1) is 6.04 Å². The molecule has 1 aliphatic heterocycles. The first-order valence-electron chi connectivity index (χ1n) is 7.84. The van der Waals surface area contributed by atoms with Gasteiger partial charge in [-0.2, -0.15) is 4.98 Å². The third-order valence-corrected chi connectivity index (χ3v) is 4.06. The number of hydrogen-bond donors (Lipinski definition) is 1. The maximum absolute atomic E-state index is 12.2. The number of amides is 1. The van der Waals surface area contributed by atoms with Crippen LogP contribution in [0.15, 0.2) is 28.7 Å². The predicted octanol–water partition coefficient (Wildman–Crippen LogP) is 1.60. The maximum Gasteiger partial charge on any atom is 0.298 e. The van der Waals surface area contributed by atoms with Crippen molar-refractivity contribution in [3.8, 4) is 0 Å². The Morgan fingerprint density at radius 2 is 2.05 bits per heavy atom. The summed E-state index contributed by atoms with van der Waals surface area (Å²) in [7, 11) is 0. The van der Waals surface area contributed by atoms with Crippen molar-refractivity contribution in [2.45, 2.75) is 25.8 Å². The molecule has 1 amide bonds. The van der Waals surface area contributed by atoms with E-state index in [1.807, 2.05) is 36.1 Å². The number of carbonyl (C=O) groups is 1. The van der Waals surface area contributed by atoms with E-state index in [-0.39, 0.29) is 11.9 Å². The lowest BCUT2D eigenvalue weighted by Gasteiger charge is -2.35. The highest BCUT2D eigenvalue weighted by Crippen LogP contribution is 2.22. The average Bonchev–Trinajstić information content (AvgIpc) is 2.98. The second-order valence-electron chi connectivity index (χ2n) is 5.67. The molecule has 1 fully saturated rings. The summed E-state index contributed by atoms with van der Waals surface area (Å²) in [5, 5.41) is 0. The van der Waals surface area contributed by atoms with Gasteiger partial charge in [0.1, 0.15) is 5.52 Å². The van der Waals surface area contributed by atoms with Crippen molar-refractivity contribution in [2.75, 3.05) is 31.1 Å². The number of aromatic nitrogens is 1. The average molecular weight is 302 g/mol. The second kappa shape index (κ2) is 6.36. The number of oxazole rings is 1. The van der Waals surface area contributed by atoms with Gasteiger partial charge in [0.25, 0.3) is 6.01 Å². The first-order valence-corrected chi connectivity index (χ1v) is 7.84. The summed E-state index contributed by atoms with van der Waals surface area (Å²) in [6, 6.07) is 7.98. The third-order valence-electron chi connectivity index (χ3n) is 4.06. The number of rotatable bonds is 4. The van der Waals surface area contributed by atoms with Crippen LogP contribution in [0.4, 0.5) is 6.01 Å². The van der Waals surface area contributed by atoms with E-state index < -0.39 is 0 Å². The number of benzene rings is 1. The van der Waals surface area contributed by atoms with Crippen LogP contribution in [0.25, 0.3) is 11.1 Å². The Kier molecular flexibility index (Phi) is 4.29. The van der Waals surface area contributed by atoms with E-state index in [1.54, 1.807) is 0 Å². The summed E-state index contributed by atoms with van der Waals surface area (Å²) >= 11 is 0. The molecule has 6 nitrogen and oxygen atoms in total. The minimum atomic E-state index is -0.374. The summed E-state index contributed by atoms with van der Waals surface area (Å²) in [4.78, 5) is 20.6. The van der Waals surface area contributed by atoms with Gasteiger partial charge < -0.3 is 20.0 Å². The number of anilines is 1. The fourth-order valence-corrected chi connectivity index (χ4v) is 2.78. The van der Waals surface area contributed by atoms with Crippen LogP contribution in [0, 0.1) is 0 Å². The topological polar surface area (TPSA) is 75.6 Å². The van der Waals surface area contributed by atoms with Gasteiger partial charge in [0.15, 0.2) is 5.58 Å². The second-order valence-corrected chi connectivity index (χ2v) is 5.67. The lowest BCUT2D eigenvalue weighted by Crippen LogP contribution is -2.53. The zero-order valence-corrected chi connectivity index (χ0v) is 12.9. The molecule has 2 aromatic rings. The molecule has 118 valence electrons. The van der Waals surface area contributed by atoms with Crippen LogP contribution in [0.1, 0.15) is 19.8 Å². The SMILES string of the molecule is CCCC(N)C(=O)N1CCN(c2nc3ccccc3o2)CC1. The highest BCUT2D eigenvalue weighted by Gasteiger charge is 2.26. The summed E-state index contributed by atoms with van der Waals surface area (Å²) in [6.45, 7) is 4.80. The molecular formula is C16H22N4O2. The fourth-order valence-electron chi connectivity index (χ4n) is 2.78. The standard InChI is InChI=1S/C16H22N4O2/c1-2-5-12(17)15(21)19-8-10-20(11-9-19)16-18-13-6-3-4-7-14(13)22-16/h3-4,6-7,12H,2,5,8-11,17H2,1H3. The van der Waals surface area contributed by atoms with Gasteiger partial charge in [0.2, 0.25) is 5.91 Å².